The van der Waals surface area contributed by atoms with Crippen molar-refractivity contribution in [2.75, 3.05) is 0 Å². The minimum atomic E-state index is -0.776. The van der Waals surface area contributed by atoms with Crippen LogP contribution in [0, 0.1) is 5.92 Å². The molecule has 0 saturated carbocycles. The Labute approximate surface area is 145 Å². The Hall–Kier alpha value is -1.68. The standard InChI is InChI=1S/C20H30O4/c1-2-3-6-9-17(21)14-12-16-13-15-19(22)18(16)10-7-4-5-8-11-20(23)24/h4,7,12-14,17-18,21H,2-3,5-6,8-11,15H2,1H3,(H,23,24)/b7-4-,14-12+/t17-,18+/m0/s1. The SMILES string of the molecule is CCCCC[C@H](O)/C=C/C1=CCC(=O)[C@@H]1C/C=C\CCCC(=O)O. The molecule has 2 atom stereocenters. The van der Waals surface area contributed by atoms with Gasteiger partial charge in [0, 0.05) is 18.8 Å². The van der Waals surface area contributed by atoms with Crippen molar-refractivity contribution < 1.29 is 19.8 Å². The number of aliphatic carboxylic acids is 1. The zero-order valence-corrected chi connectivity index (χ0v) is 14.6. The molecule has 4 heteroatoms. The first kappa shape index (κ1) is 20.4. The van der Waals surface area contributed by atoms with Crippen LogP contribution in [0.15, 0.2) is 36.0 Å². The van der Waals surface area contributed by atoms with Crippen LogP contribution in [0.1, 0.15) is 64.7 Å². The Bertz CT molecular complexity index is 488. The number of carbonyl (C=O) groups is 2. The fourth-order valence-corrected chi connectivity index (χ4v) is 2.78. The van der Waals surface area contributed by atoms with E-state index in [0.29, 0.717) is 19.3 Å². The van der Waals surface area contributed by atoms with E-state index in [-0.39, 0.29) is 18.1 Å². The summed E-state index contributed by atoms with van der Waals surface area (Å²) in [6.45, 7) is 2.14. The average Bonchev–Trinajstić information content (AvgIpc) is 2.89. The number of unbranched alkanes of at least 4 members (excludes halogenated alkanes) is 3. The molecule has 0 radical (unpaired) electrons. The van der Waals surface area contributed by atoms with Crippen molar-refractivity contribution in [2.24, 2.45) is 5.92 Å². The van der Waals surface area contributed by atoms with Crippen LogP contribution in [-0.2, 0) is 9.59 Å². The topological polar surface area (TPSA) is 74.6 Å². The van der Waals surface area contributed by atoms with Gasteiger partial charge < -0.3 is 10.2 Å². The number of carbonyl (C=O) groups excluding carboxylic acids is 1. The van der Waals surface area contributed by atoms with Crippen LogP contribution in [-0.4, -0.2) is 28.1 Å². The molecule has 24 heavy (non-hydrogen) atoms. The number of ketones is 1. The van der Waals surface area contributed by atoms with Crippen molar-refractivity contribution >= 4 is 11.8 Å². The van der Waals surface area contributed by atoms with Crippen LogP contribution < -0.4 is 0 Å². The molecule has 1 aliphatic carbocycles. The summed E-state index contributed by atoms with van der Waals surface area (Å²) in [5.41, 5.74) is 0.990. The van der Waals surface area contributed by atoms with Gasteiger partial charge in [0.2, 0.25) is 0 Å². The van der Waals surface area contributed by atoms with Gasteiger partial charge in [0.05, 0.1) is 6.10 Å². The van der Waals surface area contributed by atoms with Gasteiger partial charge in [0.1, 0.15) is 5.78 Å². The minimum absolute atomic E-state index is 0.125. The number of aliphatic hydroxyl groups is 1. The third kappa shape index (κ3) is 8.25. The Balaban J connectivity index is 2.39. The van der Waals surface area contributed by atoms with Crippen molar-refractivity contribution in [3.8, 4) is 0 Å². The molecule has 0 aliphatic heterocycles. The predicted octanol–water partition coefficient (Wildman–Crippen LogP) is 4.20. The van der Waals surface area contributed by atoms with Gasteiger partial charge in [-0.2, -0.15) is 0 Å². The van der Waals surface area contributed by atoms with E-state index in [1.54, 1.807) is 6.08 Å². The molecule has 0 amide bonds. The van der Waals surface area contributed by atoms with Gasteiger partial charge in [0.25, 0.3) is 0 Å². The van der Waals surface area contributed by atoms with Crippen LogP contribution in [0.5, 0.6) is 0 Å². The number of carboxylic acids is 1. The number of carboxylic acid groups (broad SMARTS) is 1. The second-order valence-electron chi connectivity index (χ2n) is 6.34. The Morgan fingerprint density at radius 2 is 2.12 bits per heavy atom. The van der Waals surface area contributed by atoms with Gasteiger partial charge in [-0.25, -0.2) is 0 Å². The predicted molar refractivity (Wildman–Crippen MR) is 95.7 cm³/mol. The fraction of sp³-hybridized carbons (Fsp3) is 0.600. The summed E-state index contributed by atoms with van der Waals surface area (Å²) in [6.07, 6.45) is 15.8. The third-order valence-electron chi connectivity index (χ3n) is 4.24. The van der Waals surface area contributed by atoms with Gasteiger partial charge in [-0.15, -0.1) is 0 Å². The van der Waals surface area contributed by atoms with Gasteiger partial charge in [-0.05, 0) is 31.3 Å². The second-order valence-corrected chi connectivity index (χ2v) is 6.34. The molecule has 0 saturated heterocycles. The average molecular weight is 334 g/mol. The summed E-state index contributed by atoms with van der Waals surface area (Å²) >= 11 is 0. The lowest BCUT2D eigenvalue weighted by Crippen LogP contribution is -2.09. The van der Waals surface area contributed by atoms with Gasteiger partial charge in [0.15, 0.2) is 0 Å². The summed E-state index contributed by atoms with van der Waals surface area (Å²) in [4.78, 5) is 22.4. The van der Waals surface area contributed by atoms with Crippen molar-refractivity contribution in [3.63, 3.8) is 0 Å². The molecule has 0 unspecified atom stereocenters. The molecule has 2 N–H and O–H groups in total. The number of rotatable bonds is 12. The summed E-state index contributed by atoms with van der Waals surface area (Å²) in [5, 5.41) is 18.5. The first-order valence-electron chi connectivity index (χ1n) is 9.00. The number of Topliss-reactive ketones (excluding diaryl/α,β-unsaturated/α-hetero) is 1. The van der Waals surface area contributed by atoms with E-state index in [4.69, 9.17) is 5.11 Å². The number of hydrogen-bond acceptors (Lipinski definition) is 3. The van der Waals surface area contributed by atoms with E-state index in [9.17, 15) is 14.7 Å². The van der Waals surface area contributed by atoms with E-state index in [1.165, 1.54) is 0 Å². The van der Waals surface area contributed by atoms with Gasteiger partial charge >= 0.3 is 5.97 Å². The lowest BCUT2D eigenvalue weighted by atomic mass is 9.95. The molecule has 134 valence electrons. The monoisotopic (exact) mass is 334 g/mol. The molecule has 0 bridgehead atoms. The molecule has 0 aromatic rings. The lowest BCUT2D eigenvalue weighted by molar-refractivity contribution is -0.137. The zero-order chi connectivity index (χ0) is 17.8. The van der Waals surface area contributed by atoms with Gasteiger partial charge in [-0.3, -0.25) is 9.59 Å². The first-order valence-corrected chi connectivity index (χ1v) is 9.00. The van der Waals surface area contributed by atoms with Gasteiger partial charge in [-0.1, -0.05) is 56.6 Å². The number of hydrogen-bond donors (Lipinski definition) is 2. The van der Waals surface area contributed by atoms with E-state index < -0.39 is 12.1 Å². The van der Waals surface area contributed by atoms with Crippen LogP contribution in [0.2, 0.25) is 0 Å². The zero-order valence-electron chi connectivity index (χ0n) is 14.6. The molecule has 0 aromatic heterocycles. The molecule has 0 heterocycles. The quantitative estimate of drug-likeness (QED) is 0.414. The second kappa shape index (κ2) is 11.8. The Morgan fingerprint density at radius 1 is 1.33 bits per heavy atom. The molecule has 4 nitrogen and oxygen atoms in total. The normalized spacial score (nSPS) is 19.3. The third-order valence-corrected chi connectivity index (χ3v) is 4.24. The number of aliphatic hydroxyl groups excluding tert-OH is 1. The minimum Gasteiger partial charge on any atom is -0.481 e. The maximum absolute atomic E-state index is 12.0. The maximum Gasteiger partial charge on any atom is 0.303 e. The first-order chi connectivity index (χ1) is 11.5. The number of allylic oxidation sites excluding steroid dienone is 5. The van der Waals surface area contributed by atoms with Crippen LogP contribution in [0.25, 0.3) is 0 Å². The summed E-state index contributed by atoms with van der Waals surface area (Å²) in [5.74, 6) is -0.688. The van der Waals surface area contributed by atoms with Crippen molar-refractivity contribution in [1.29, 1.82) is 0 Å². The van der Waals surface area contributed by atoms with Crippen molar-refractivity contribution in [2.45, 2.75) is 70.8 Å². The Morgan fingerprint density at radius 3 is 2.83 bits per heavy atom. The molecular weight excluding hydrogens is 304 g/mol. The largest absolute Gasteiger partial charge is 0.481 e. The molecule has 0 spiro atoms. The van der Waals surface area contributed by atoms with Crippen LogP contribution in [0.4, 0.5) is 0 Å². The van der Waals surface area contributed by atoms with E-state index in [1.807, 2.05) is 24.3 Å². The fourth-order valence-electron chi connectivity index (χ4n) is 2.78. The summed E-state index contributed by atoms with van der Waals surface area (Å²) in [6, 6.07) is 0. The highest BCUT2D eigenvalue weighted by Gasteiger charge is 2.24. The highest BCUT2D eigenvalue weighted by atomic mass is 16.4. The van der Waals surface area contributed by atoms with E-state index in [2.05, 4.69) is 6.92 Å². The van der Waals surface area contributed by atoms with Crippen molar-refractivity contribution in [1.82, 2.24) is 0 Å². The van der Waals surface area contributed by atoms with Crippen LogP contribution >= 0.6 is 0 Å². The molecule has 1 rings (SSSR count). The molecule has 1 aliphatic rings. The molecular formula is C20H30O4. The summed E-state index contributed by atoms with van der Waals surface area (Å²) in [7, 11) is 0. The van der Waals surface area contributed by atoms with E-state index in [0.717, 1.165) is 37.7 Å². The molecule has 0 fully saturated rings. The highest BCUT2D eigenvalue weighted by molar-refractivity contribution is 5.89. The summed E-state index contributed by atoms with van der Waals surface area (Å²) < 4.78 is 0. The van der Waals surface area contributed by atoms with E-state index >= 15 is 0 Å². The van der Waals surface area contributed by atoms with Crippen LogP contribution in [0.3, 0.4) is 0 Å². The molecule has 0 aromatic carbocycles. The Kier molecular flexibility index (Phi) is 10.0. The smallest absolute Gasteiger partial charge is 0.303 e. The lowest BCUT2D eigenvalue weighted by Gasteiger charge is -2.09. The highest BCUT2D eigenvalue weighted by Crippen LogP contribution is 2.27. The van der Waals surface area contributed by atoms with Crippen molar-refractivity contribution in [3.05, 3.63) is 36.0 Å². The maximum atomic E-state index is 12.0.